The number of rotatable bonds is 6. The van der Waals surface area contributed by atoms with E-state index in [1.807, 2.05) is 31.7 Å². The van der Waals surface area contributed by atoms with Crippen LogP contribution in [0.15, 0.2) is 30.3 Å². The third kappa shape index (κ3) is 6.40. The fourth-order valence-electron chi connectivity index (χ4n) is 4.15. The van der Waals surface area contributed by atoms with E-state index in [1.165, 1.54) is 12.1 Å². The van der Waals surface area contributed by atoms with Gasteiger partial charge in [0, 0.05) is 32.6 Å². The first-order chi connectivity index (χ1) is 17.1. The highest BCUT2D eigenvalue weighted by Gasteiger charge is 2.49. The third-order valence-electron chi connectivity index (χ3n) is 5.94. The van der Waals surface area contributed by atoms with Crippen LogP contribution < -0.4 is 4.90 Å². The average molecular weight is 518 g/mol. The maximum absolute atomic E-state index is 14.0. The molecular formula is C25H29ClFN5O4. The summed E-state index contributed by atoms with van der Waals surface area (Å²) in [5.74, 6) is 0.0498. The van der Waals surface area contributed by atoms with Crippen LogP contribution in [-0.4, -0.2) is 65.9 Å². The maximum Gasteiger partial charge on any atom is 0.410 e. The Hall–Kier alpha value is -3.00. The second-order valence-corrected chi connectivity index (χ2v) is 10.6. The van der Waals surface area contributed by atoms with Crippen LogP contribution in [0.4, 0.5) is 15.0 Å². The Bertz CT molecular complexity index is 1120. The number of carbonyl (C=O) groups is 1. The van der Waals surface area contributed by atoms with Gasteiger partial charge in [0.05, 0.1) is 23.7 Å². The van der Waals surface area contributed by atoms with Gasteiger partial charge in [-0.3, -0.25) is 0 Å². The predicted octanol–water partition coefficient (Wildman–Crippen LogP) is 4.15. The molecule has 2 saturated heterocycles. The van der Waals surface area contributed by atoms with Crippen LogP contribution in [0.25, 0.3) is 0 Å². The van der Waals surface area contributed by atoms with E-state index in [2.05, 4.69) is 10.2 Å². The van der Waals surface area contributed by atoms with Gasteiger partial charge >= 0.3 is 6.09 Å². The molecule has 0 unspecified atom stereocenters. The van der Waals surface area contributed by atoms with E-state index in [9.17, 15) is 9.18 Å². The van der Waals surface area contributed by atoms with Gasteiger partial charge in [0.25, 0.3) is 0 Å². The second-order valence-electron chi connectivity index (χ2n) is 10.2. The molecule has 11 heteroatoms. The zero-order valence-corrected chi connectivity index (χ0v) is 21.3. The molecule has 9 nitrogen and oxygen atoms in total. The molecule has 2 aromatic rings. The Balaban J connectivity index is 1.33. The van der Waals surface area contributed by atoms with E-state index < -0.39 is 17.7 Å². The Morgan fingerprint density at radius 3 is 2.58 bits per heavy atom. The highest BCUT2D eigenvalue weighted by molar-refractivity contribution is 6.30. The predicted molar refractivity (Wildman–Crippen MR) is 130 cm³/mol. The van der Waals surface area contributed by atoms with Gasteiger partial charge in [-0.2, -0.15) is 5.26 Å². The number of amides is 1. The monoisotopic (exact) mass is 517 g/mol. The molecule has 0 bridgehead atoms. The molecule has 0 aliphatic carbocycles. The molecule has 1 amide bonds. The van der Waals surface area contributed by atoms with Crippen molar-refractivity contribution < 1.29 is 23.4 Å². The zero-order chi connectivity index (χ0) is 25.9. The minimum atomic E-state index is -0.534. The Morgan fingerprint density at radius 1 is 1.28 bits per heavy atom. The summed E-state index contributed by atoms with van der Waals surface area (Å²) in [4.78, 5) is 15.8. The summed E-state index contributed by atoms with van der Waals surface area (Å²) in [6.45, 7) is 8.40. The van der Waals surface area contributed by atoms with Gasteiger partial charge < -0.3 is 24.0 Å². The van der Waals surface area contributed by atoms with Crippen molar-refractivity contribution in [2.24, 2.45) is 5.41 Å². The molecule has 2 aliphatic heterocycles. The summed E-state index contributed by atoms with van der Waals surface area (Å²) < 4.78 is 31.4. The van der Waals surface area contributed by atoms with Crippen LogP contribution in [0, 0.1) is 22.6 Å². The molecule has 4 rings (SSSR count). The van der Waals surface area contributed by atoms with Crippen molar-refractivity contribution in [2.75, 3.05) is 37.7 Å². The van der Waals surface area contributed by atoms with Crippen LogP contribution in [0.2, 0.25) is 5.02 Å². The van der Waals surface area contributed by atoms with Crippen molar-refractivity contribution in [3.63, 3.8) is 0 Å². The molecule has 0 atom stereocenters. The third-order valence-corrected chi connectivity index (χ3v) is 6.24. The number of likely N-dealkylation sites (tertiary alicyclic amines) is 1. The van der Waals surface area contributed by atoms with E-state index in [0.717, 1.165) is 0 Å². The highest BCUT2D eigenvalue weighted by Crippen LogP contribution is 2.36. The quantitative estimate of drug-likeness (QED) is 0.563. The second kappa shape index (κ2) is 10.5. The number of carbonyl (C=O) groups excluding carboxylic acids is 1. The summed E-state index contributed by atoms with van der Waals surface area (Å²) >= 11 is 5.82. The number of hydrogen-bond acceptors (Lipinski definition) is 8. The molecule has 1 aromatic carbocycles. The van der Waals surface area contributed by atoms with Crippen molar-refractivity contribution in [2.45, 2.75) is 45.6 Å². The molecule has 0 N–H and O–H groups in total. The average Bonchev–Trinajstić information content (AvgIpc) is 2.82. The zero-order valence-electron chi connectivity index (χ0n) is 20.5. The van der Waals surface area contributed by atoms with Crippen LogP contribution >= 0.6 is 11.6 Å². The van der Waals surface area contributed by atoms with Crippen LogP contribution in [0.5, 0.6) is 0 Å². The molecule has 1 aromatic heterocycles. The minimum absolute atomic E-state index is 0.0580. The lowest BCUT2D eigenvalue weighted by atomic mass is 9.81. The van der Waals surface area contributed by atoms with Crippen molar-refractivity contribution in [3.05, 3.63) is 52.4 Å². The van der Waals surface area contributed by atoms with E-state index in [4.69, 9.17) is 31.1 Å². The fraction of sp³-hybridized carbons (Fsp3) is 0.520. The maximum atomic E-state index is 14.0. The van der Waals surface area contributed by atoms with Crippen LogP contribution in [-0.2, 0) is 20.8 Å². The first-order valence-electron chi connectivity index (χ1n) is 11.7. The normalized spacial score (nSPS) is 17.4. The van der Waals surface area contributed by atoms with Gasteiger partial charge in [-0.25, -0.2) is 9.18 Å². The highest BCUT2D eigenvalue weighted by atomic mass is 35.5. The Morgan fingerprint density at radius 2 is 2.00 bits per heavy atom. The Labute approximate surface area is 214 Å². The van der Waals surface area contributed by atoms with Gasteiger partial charge in [-0.15, -0.1) is 10.2 Å². The van der Waals surface area contributed by atoms with Gasteiger partial charge in [-0.1, -0.05) is 17.7 Å². The van der Waals surface area contributed by atoms with Crippen LogP contribution in [0.1, 0.15) is 38.4 Å². The topological polar surface area (TPSA) is 101 Å². The number of hydrogen-bond donors (Lipinski definition) is 0. The molecule has 2 fully saturated rings. The van der Waals surface area contributed by atoms with E-state index in [1.54, 1.807) is 23.1 Å². The lowest BCUT2D eigenvalue weighted by Crippen LogP contribution is -2.65. The summed E-state index contributed by atoms with van der Waals surface area (Å²) in [5.41, 5.74) is 0.172. The smallest absolute Gasteiger partial charge is 0.410 e. The molecule has 1 spiro atoms. The lowest BCUT2D eigenvalue weighted by molar-refractivity contribution is -0.254. The molecule has 36 heavy (non-hydrogen) atoms. The van der Waals surface area contributed by atoms with Crippen molar-refractivity contribution in [1.29, 1.82) is 5.26 Å². The van der Waals surface area contributed by atoms with Gasteiger partial charge in [0.15, 0.2) is 17.8 Å². The van der Waals surface area contributed by atoms with Gasteiger partial charge in [-0.05, 0) is 50.6 Å². The van der Waals surface area contributed by atoms with Crippen molar-refractivity contribution in [3.8, 4) is 6.07 Å². The molecule has 2 aliphatic rings. The van der Waals surface area contributed by atoms with Gasteiger partial charge in [0.2, 0.25) is 0 Å². The lowest BCUT2D eigenvalue weighted by Gasteiger charge is -2.52. The molecular weight excluding hydrogens is 489 g/mol. The largest absolute Gasteiger partial charge is 0.444 e. The van der Waals surface area contributed by atoms with Crippen LogP contribution in [0.3, 0.4) is 0 Å². The van der Waals surface area contributed by atoms with Crippen molar-refractivity contribution in [1.82, 2.24) is 15.1 Å². The molecule has 192 valence electrons. The summed E-state index contributed by atoms with van der Waals surface area (Å²) in [6.07, 6.45) is -0.223. The number of nitriles is 1. The first-order valence-corrected chi connectivity index (χ1v) is 12.1. The molecule has 0 saturated carbocycles. The first kappa shape index (κ1) is 26.1. The number of ether oxygens (including phenoxy) is 3. The Kier molecular flexibility index (Phi) is 7.64. The summed E-state index contributed by atoms with van der Waals surface area (Å²) in [7, 11) is 0. The number of benzene rings is 1. The fourth-order valence-corrected chi connectivity index (χ4v) is 4.26. The number of halogens is 2. The standard InChI is InChI=1S/C25H29ClFN5O4/c1-24(2,3)36-23(33)32-13-25(14-32)15-34-22(35-16-25)8-9-31(21-7-5-18(11-28)29-30-21)12-17-4-6-19(26)20(27)10-17/h4-7,10,22H,8-9,12-16H2,1-3H3. The number of nitrogens with zero attached hydrogens (tertiary/aromatic N) is 5. The van der Waals surface area contributed by atoms with E-state index >= 15 is 0 Å². The summed E-state index contributed by atoms with van der Waals surface area (Å²) in [5, 5.41) is 17.1. The number of aromatic nitrogens is 2. The summed E-state index contributed by atoms with van der Waals surface area (Å²) in [6, 6.07) is 9.89. The molecule has 0 radical (unpaired) electrons. The number of anilines is 1. The minimum Gasteiger partial charge on any atom is -0.444 e. The van der Waals surface area contributed by atoms with Crippen molar-refractivity contribution >= 4 is 23.5 Å². The SMILES string of the molecule is CC(C)(C)OC(=O)N1CC2(COC(CCN(Cc3ccc(Cl)c(F)c3)c3ccc(C#N)nn3)OC2)C1. The molecule has 3 heterocycles. The van der Waals surface area contributed by atoms with E-state index in [0.29, 0.717) is 57.2 Å². The van der Waals surface area contributed by atoms with E-state index in [-0.39, 0.29) is 22.2 Å². The van der Waals surface area contributed by atoms with Gasteiger partial charge in [0.1, 0.15) is 17.5 Å².